The maximum atomic E-state index is 11.8. The Bertz CT molecular complexity index is 617. The largest absolute Gasteiger partial charge is 0.495 e. The lowest BCUT2D eigenvalue weighted by atomic mass is 10.2. The van der Waals surface area contributed by atoms with Crippen molar-refractivity contribution in [1.82, 2.24) is 5.32 Å². The highest BCUT2D eigenvalue weighted by atomic mass is 35.5. The molecule has 2 N–H and O–H groups in total. The van der Waals surface area contributed by atoms with Crippen LogP contribution in [-0.4, -0.2) is 19.6 Å². The van der Waals surface area contributed by atoms with E-state index in [1.807, 2.05) is 42.5 Å². The van der Waals surface area contributed by atoms with Crippen LogP contribution >= 0.6 is 11.6 Å². The molecule has 0 saturated carbocycles. The third-order valence-electron chi connectivity index (χ3n) is 2.98. The van der Waals surface area contributed by atoms with Crippen molar-refractivity contribution in [2.45, 2.75) is 6.54 Å². The summed E-state index contributed by atoms with van der Waals surface area (Å²) in [5.74, 6) is 0.595. The molecule has 1 amide bonds. The summed E-state index contributed by atoms with van der Waals surface area (Å²) in [6, 6.07) is 14.9. The third kappa shape index (κ3) is 4.39. The molecular weight excluding hydrogens is 288 g/mol. The second kappa shape index (κ2) is 7.55. The molecule has 21 heavy (non-hydrogen) atoms. The Morgan fingerprint density at radius 1 is 1.14 bits per heavy atom. The van der Waals surface area contributed by atoms with Crippen LogP contribution in [0.5, 0.6) is 5.75 Å². The van der Waals surface area contributed by atoms with Crippen LogP contribution in [0.3, 0.4) is 0 Å². The predicted octanol–water partition coefficient (Wildman–Crippen LogP) is 3.08. The van der Waals surface area contributed by atoms with E-state index in [9.17, 15) is 4.79 Å². The quantitative estimate of drug-likeness (QED) is 0.862. The van der Waals surface area contributed by atoms with E-state index in [1.54, 1.807) is 13.2 Å². The number of nitrogens with one attached hydrogen (secondary N) is 2. The number of benzene rings is 2. The van der Waals surface area contributed by atoms with Gasteiger partial charge in [0.05, 0.1) is 19.3 Å². The summed E-state index contributed by atoms with van der Waals surface area (Å²) in [4.78, 5) is 11.8. The summed E-state index contributed by atoms with van der Waals surface area (Å²) in [7, 11) is 1.60. The summed E-state index contributed by atoms with van der Waals surface area (Å²) in [5.41, 5.74) is 1.68. The minimum atomic E-state index is -0.110. The van der Waals surface area contributed by atoms with E-state index in [2.05, 4.69) is 10.6 Å². The Labute approximate surface area is 129 Å². The van der Waals surface area contributed by atoms with Crippen LogP contribution in [0.25, 0.3) is 0 Å². The zero-order chi connectivity index (χ0) is 15.1. The standard InChI is InChI=1S/C16H17ClN2O2/c1-21-15-9-5-4-8-14(15)18-11-16(20)19-10-12-6-2-3-7-13(12)17/h2-9,18H,10-11H2,1H3,(H,19,20). The molecule has 2 rings (SSSR count). The molecule has 2 aromatic carbocycles. The molecule has 2 aromatic rings. The van der Waals surface area contributed by atoms with Crippen molar-refractivity contribution in [1.29, 1.82) is 0 Å². The highest BCUT2D eigenvalue weighted by Crippen LogP contribution is 2.22. The zero-order valence-electron chi connectivity index (χ0n) is 11.7. The third-order valence-corrected chi connectivity index (χ3v) is 3.35. The highest BCUT2D eigenvalue weighted by molar-refractivity contribution is 6.31. The highest BCUT2D eigenvalue weighted by Gasteiger charge is 2.05. The van der Waals surface area contributed by atoms with Gasteiger partial charge in [-0.1, -0.05) is 41.9 Å². The number of carbonyl (C=O) groups is 1. The van der Waals surface area contributed by atoms with Gasteiger partial charge < -0.3 is 15.4 Å². The van der Waals surface area contributed by atoms with Crippen molar-refractivity contribution in [3.8, 4) is 5.75 Å². The summed E-state index contributed by atoms with van der Waals surface area (Å²) in [6.45, 7) is 0.580. The Hall–Kier alpha value is -2.20. The Kier molecular flexibility index (Phi) is 5.46. The van der Waals surface area contributed by atoms with Crippen LogP contribution < -0.4 is 15.4 Å². The van der Waals surface area contributed by atoms with Gasteiger partial charge in [-0.2, -0.15) is 0 Å². The summed E-state index contributed by atoms with van der Waals surface area (Å²) in [5, 5.41) is 6.51. The normalized spacial score (nSPS) is 10.0. The first-order valence-corrected chi connectivity index (χ1v) is 6.95. The summed E-state index contributed by atoms with van der Waals surface area (Å²) in [6.07, 6.45) is 0. The maximum Gasteiger partial charge on any atom is 0.239 e. The average molecular weight is 305 g/mol. The lowest BCUT2D eigenvalue weighted by Crippen LogP contribution is -2.29. The molecule has 0 aliphatic rings. The first-order chi connectivity index (χ1) is 10.2. The number of methoxy groups -OCH3 is 1. The zero-order valence-corrected chi connectivity index (χ0v) is 12.5. The molecule has 0 spiro atoms. The van der Waals surface area contributed by atoms with Crippen molar-refractivity contribution >= 4 is 23.2 Å². The number of rotatable bonds is 6. The van der Waals surface area contributed by atoms with Crippen LogP contribution in [0.4, 0.5) is 5.69 Å². The van der Waals surface area contributed by atoms with E-state index in [4.69, 9.17) is 16.3 Å². The van der Waals surface area contributed by atoms with Gasteiger partial charge >= 0.3 is 0 Å². The Morgan fingerprint density at radius 3 is 2.62 bits per heavy atom. The minimum Gasteiger partial charge on any atom is -0.495 e. The maximum absolute atomic E-state index is 11.8. The molecule has 0 radical (unpaired) electrons. The van der Waals surface area contributed by atoms with Gasteiger partial charge in [0.1, 0.15) is 5.75 Å². The van der Waals surface area contributed by atoms with Crippen LogP contribution in [-0.2, 0) is 11.3 Å². The van der Waals surface area contributed by atoms with Gasteiger partial charge in [-0.25, -0.2) is 0 Å². The molecular formula is C16H17ClN2O2. The molecule has 0 heterocycles. The first kappa shape index (κ1) is 15.2. The Balaban J connectivity index is 1.84. The number of para-hydroxylation sites is 2. The van der Waals surface area contributed by atoms with Gasteiger partial charge in [0.25, 0.3) is 0 Å². The monoisotopic (exact) mass is 304 g/mol. The first-order valence-electron chi connectivity index (χ1n) is 6.57. The fraction of sp³-hybridized carbons (Fsp3) is 0.188. The minimum absolute atomic E-state index is 0.110. The molecule has 0 atom stereocenters. The number of anilines is 1. The average Bonchev–Trinajstić information content (AvgIpc) is 2.52. The molecule has 0 bridgehead atoms. The van der Waals surface area contributed by atoms with E-state index < -0.39 is 0 Å². The van der Waals surface area contributed by atoms with E-state index in [0.717, 1.165) is 11.3 Å². The number of hydrogen-bond donors (Lipinski definition) is 2. The molecule has 0 fully saturated rings. The van der Waals surface area contributed by atoms with Crippen LogP contribution in [0.15, 0.2) is 48.5 Å². The molecule has 5 heteroatoms. The van der Waals surface area contributed by atoms with Crippen LogP contribution in [0.1, 0.15) is 5.56 Å². The predicted molar refractivity (Wildman–Crippen MR) is 84.8 cm³/mol. The molecule has 110 valence electrons. The van der Waals surface area contributed by atoms with Gasteiger partial charge in [0.2, 0.25) is 5.91 Å². The van der Waals surface area contributed by atoms with Crippen molar-refractivity contribution in [2.24, 2.45) is 0 Å². The van der Waals surface area contributed by atoms with Gasteiger partial charge in [-0.3, -0.25) is 4.79 Å². The number of hydrogen-bond acceptors (Lipinski definition) is 3. The number of ether oxygens (including phenoxy) is 1. The van der Waals surface area contributed by atoms with Crippen molar-refractivity contribution in [3.63, 3.8) is 0 Å². The van der Waals surface area contributed by atoms with E-state index in [0.29, 0.717) is 17.3 Å². The molecule has 0 unspecified atom stereocenters. The van der Waals surface area contributed by atoms with Gasteiger partial charge in [-0.15, -0.1) is 0 Å². The van der Waals surface area contributed by atoms with Gasteiger partial charge in [-0.05, 0) is 23.8 Å². The van der Waals surface area contributed by atoms with E-state index >= 15 is 0 Å². The second-order valence-corrected chi connectivity index (χ2v) is 4.83. The van der Waals surface area contributed by atoms with Gasteiger partial charge in [0, 0.05) is 11.6 Å². The molecule has 0 aliphatic carbocycles. The lowest BCUT2D eigenvalue weighted by molar-refractivity contribution is -0.119. The van der Waals surface area contributed by atoms with Crippen LogP contribution in [0, 0.1) is 0 Å². The lowest BCUT2D eigenvalue weighted by Gasteiger charge is -2.11. The van der Waals surface area contributed by atoms with E-state index in [1.165, 1.54) is 0 Å². The SMILES string of the molecule is COc1ccccc1NCC(=O)NCc1ccccc1Cl. The topological polar surface area (TPSA) is 50.4 Å². The summed E-state index contributed by atoms with van der Waals surface area (Å²) >= 11 is 6.04. The second-order valence-electron chi connectivity index (χ2n) is 4.42. The fourth-order valence-corrected chi connectivity index (χ4v) is 2.07. The Morgan fingerprint density at radius 2 is 1.86 bits per heavy atom. The van der Waals surface area contributed by atoms with Gasteiger partial charge in [0.15, 0.2) is 0 Å². The van der Waals surface area contributed by atoms with E-state index in [-0.39, 0.29) is 12.5 Å². The fourth-order valence-electron chi connectivity index (χ4n) is 1.86. The molecule has 0 aliphatic heterocycles. The number of halogens is 1. The number of amides is 1. The van der Waals surface area contributed by atoms with Crippen molar-refractivity contribution in [2.75, 3.05) is 19.0 Å². The molecule has 0 aromatic heterocycles. The molecule has 4 nitrogen and oxygen atoms in total. The van der Waals surface area contributed by atoms with Crippen molar-refractivity contribution < 1.29 is 9.53 Å². The smallest absolute Gasteiger partial charge is 0.239 e. The number of carbonyl (C=O) groups excluding carboxylic acids is 1. The van der Waals surface area contributed by atoms with Crippen LogP contribution in [0.2, 0.25) is 5.02 Å². The van der Waals surface area contributed by atoms with Crippen molar-refractivity contribution in [3.05, 3.63) is 59.1 Å². The molecule has 0 saturated heterocycles. The summed E-state index contributed by atoms with van der Waals surface area (Å²) < 4.78 is 5.21.